The zero-order chi connectivity index (χ0) is 8.77. The van der Waals surface area contributed by atoms with E-state index in [1.807, 2.05) is 12.1 Å². The van der Waals surface area contributed by atoms with E-state index in [1.165, 1.54) is 11.1 Å². The molecular weight excluding hydrogens is 186 g/mol. The summed E-state index contributed by atoms with van der Waals surface area (Å²) >= 11 is 0. The van der Waals surface area contributed by atoms with Gasteiger partial charge in [0.2, 0.25) is 0 Å². The molecule has 0 spiro atoms. The largest absolute Gasteiger partial charge is 0.508 e. The van der Waals surface area contributed by atoms with Gasteiger partial charge in [-0.05, 0) is 37.1 Å². The van der Waals surface area contributed by atoms with E-state index in [-0.39, 0.29) is 17.9 Å². The summed E-state index contributed by atoms with van der Waals surface area (Å²) < 4.78 is 0. The summed E-state index contributed by atoms with van der Waals surface area (Å²) in [6, 6.07) is 5.56. The van der Waals surface area contributed by atoms with Crippen LogP contribution in [-0.2, 0) is 12.1 Å². The van der Waals surface area contributed by atoms with Crippen molar-refractivity contribution in [2.24, 2.45) is 0 Å². The van der Waals surface area contributed by atoms with Crippen LogP contribution in [0.3, 0.4) is 0 Å². The fraction of sp³-hybridized carbons (Fsp3) is 0.400. The second-order valence-electron chi connectivity index (χ2n) is 3.82. The first kappa shape index (κ1) is 10.4. The molecular formula is C10H14ClNO. The maximum Gasteiger partial charge on any atom is 0.115 e. The van der Waals surface area contributed by atoms with Crippen LogP contribution in [0.5, 0.6) is 5.75 Å². The van der Waals surface area contributed by atoms with Gasteiger partial charge in [0.1, 0.15) is 5.75 Å². The first-order chi connectivity index (χ1) is 5.59. The maximum absolute atomic E-state index is 9.30. The van der Waals surface area contributed by atoms with Gasteiger partial charge in [-0.25, -0.2) is 0 Å². The predicted octanol–water partition coefficient (Wildman–Crippen LogP) is 2.15. The lowest BCUT2D eigenvalue weighted by atomic mass is 9.95. The van der Waals surface area contributed by atoms with Crippen molar-refractivity contribution in [1.29, 1.82) is 0 Å². The molecule has 0 unspecified atom stereocenters. The van der Waals surface area contributed by atoms with E-state index in [9.17, 15) is 5.11 Å². The standard InChI is InChI=1S/C10H13NO.ClH/c1-10(2)9-5-8(12)4-3-7(9)6-11-10;/h3-5,11-12H,6H2,1-2H3;1H. The smallest absolute Gasteiger partial charge is 0.115 e. The Balaban J connectivity index is 0.000000845. The van der Waals surface area contributed by atoms with Gasteiger partial charge in [-0.15, -0.1) is 12.4 Å². The van der Waals surface area contributed by atoms with E-state index in [2.05, 4.69) is 19.2 Å². The normalized spacial score (nSPS) is 17.7. The van der Waals surface area contributed by atoms with Gasteiger partial charge in [-0.1, -0.05) is 6.07 Å². The Morgan fingerprint density at radius 3 is 2.77 bits per heavy atom. The van der Waals surface area contributed by atoms with E-state index in [4.69, 9.17) is 0 Å². The van der Waals surface area contributed by atoms with E-state index >= 15 is 0 Å². The summed E-state index contributed by atoms with van der Waals surface area (Å²) in [4.78, 5) is 0. The third kappa shape index (κ3) is 1.64. The highest BCUT2D eigenvalue weighted by molar-refractivity contribution is 5.85. The molecule has 0 radical (unpaired) electrons. The van der Waals surface area contributed by atoms with E-state index in [0.29, 0.717) is 5.75 Å². The topological polar surface area (TPSA) is 32.3 Å². The zero-order valence-corrected chi connectivity index (χ0v) is 8.61. The lowest BCUT2D eigenvalue weighted by Gasteiger charge is -2.19. The quantitative estimate of drug-likeness (QED) is 0.671. The molecule has 0 saturated carbocycles. The molecule has 1 aliphatic rings. The number of halogens is 1. The molecule has 1 heterocycles. The van der Waals surface area contributed by atoms with Crippen LogP contribution in [0.2, 0.25) is 0 Å². The number of rotatable bonds is 0. The summed E-state index contributed by atoms with van der Waals surface area (Å²) in [6.07, 6.45) is 0. The number of fused-ring (bicyclic) bond motifs is 1. The van der Waals surface area contributed by atoms with Crippen LogP contribution in [0, 0.1) is 0 Å². The van der Waals surface area contributed by atoms with Crippen molar-refractivity contribution in [3.8, 4) is 5.75 Å². The SMILES string of the molecule is CC1(C)NCc2ccc(O)cc21.Cl. The molecule has 2 N–H and O–H groups in total. The van der Waals surface area contributed by atoms with E-state index in [0.717, 1.165) is 6.54 Å². The molecule has 0 saturated heterocycles. The van der Waals surface area contributed by atoms with Crippen LogP contribution in [0.4, 0.5) is 0 Å². The Morgan fingerprint density at radius 1 is 1.38 bits per heavy atom. The van der Waals surface area contributed by atoms with E-state index < -0.39 is 0 Å². The summed E-state index contributed by atoms with van der Waals surface area (Å²) in [7, 11) is 0. The first-order valence-corrected chi connectivity index (χ1v) is 4.17. The molecule has 13 heavy (non-hydrogen) atoms. The Labute approximate surface area is 84.4 Å². The summed E-state index contributed by atoms with van der Waals surface area (Å²) in [5.41, 5.74) is 2.51. The number of hydrogen-bond acceptors (Lipinski definition) is 2. The summed E-state index contributed by atoms with van der Waals surface area (Å²) in [5, 5.41) is 12.7. The van der Waals surface area contributed by atoms with Gasteiger partial charge in [-0.3, -0.25) is 0 Å². The number of phenols is 1. The van der Waals surface area contributed by atoms with Gasteiger partial charge in [0, 0.05) is 12.1 Å². The van der Waals surface area contributed by atoms with Gasteiger partial charge in [0.25, 0.3) is 0 Å². The number of aromatic hydroxyl groups is 1. The van der Waals surface area contributed by atoms with Gasteiger partial charge in [0.15, 0.2) is 0 Å². The number of benzene rings is 1. The highest BCUT2D eigenvalue weighted by Crippen LogP contribution is 2.32. The summed E-state index contributed by atoms with van der Waals surface area (Å²) in [6.45, 7) is 5.15. The van der Waals surface area contributed by atoms with Crippen molar-refractivity contribution < 1.29 is 5.11 Å². The van der Waals surface area contributed by atoms with Crippen molar-refractivity contribution in [3.63, 3.8) is 0 Å². The Hall–Kier alpha value is -0.730. The lowest BCUT2D eigenvalue weighted by molar-refractivity contribution is 0.437. The fourth-order valence-electron chi connectivity index (χ4n) is 1.71. The number of phenolic OH excluding ortho intramolecular Hbond substituents is 1. The molecule has 0 fully saturated rings. The molecule has 72 valence electrons. The van der Waals surface area contributed by atoms with E-state index in [1.54, 1.807) is 6.07 Å². The molecule has 0 aromatic heterocycles. The van der Waals surface area contributed by atoms with Crippen LogP contribution in [-0.4, -0.2) is 5.11 Å². The molecule has 1 aliphatic heterocycles. The Bertz CT molecular complexity index is 323. The van der Waals surface area contributed by atoms with Crippen LogP contribution < -0.4 is 5.32 Å². The minimum absolute atomic E-state index is 0. The van der Waals surface area contributed by atoms with Crippen LogP contribution in [0.1, 0.15) is 25.0 Å². The van der Waals surface area contributed by atoms with Crippen LogP contribution >= 0.6 is 12.4 Å². The third-order valence-electron chi connectivity index (χ3n) is 2.49. The predicted molar refractivity (Wildman–Crippen MR) is 55.2 cm³/mol. The highest BCUT2D eigenvalue weighted by Gasteiger charge is 2.28. The van der Waals surface area contributed by atoms with Crippen molar-refractivity contribution in [1.82, 2.24) is 5.32 Å². The molecule has 1 aromatic rings. The number of nitrogens with one attached hydrogen (secondary N) is 1. The molecule has 2 nitrogen and oxygen atoms in total. The van der Waals surface area contributed by atoms with Crippen molar-refractivity contribution in [2.75, 3.05) is 0 Å². The molecule has 0 amide bonds. The van der Waals surface area contributed by atoms with Gasteiger partial charge >= 0.3 is 0 Å². The highest BCUT2D eigenvalue weighted by atomic mass is 35.5. The van der Waals surface area contributed by atoms with Crippen LogP contribution in [0.25, 0.3) is 0 Å². The lowest BCUT2D eigenvalue weighted by Crippen LogP contribution is -2.28. The van der Waals surface area contributed by atoms with Crippen LogP contribution in [0.15, 0.2) is 18.2 Å². The minimum atomic E-state index is 0. The Morgan fingerprint density at radius 2 is 2.08 bits per heavy atom. The second kappa shape index (κ2) is 3.20. The van der Waals surface area contributed by atoms with Gasteiger partial charge in [0.05, 0.1) is 0 Å². The summed E-state index contributed by atoms with van der Waals surface area (Å²) in [5.74, 6) is 0.352. The van der Waals surface area contributed by atoms with Gasteiger partial charge < -0.3 is 10.4 Å². The third-order valence-corrected chi connectivity index (χ3v) is 2.49. The average molecular weight is 200 g/mol. The van der Waals surface area contributed by atoms with Gasteiger partial charge in [-0.2, -0.15) is 0 Å². The number of hydrogen-bond donors (Lipinski definition) is 2. The molecule has 0 bridgehead atoms. The molecule has 0 atom stereocenters. The average Bonchev–Trinajstić information content (AvgIpc) is 2.28. The van der Waals surface area contributed by atoms with Crippen molar-refractivity contribution in [2.45, 2.75) is 25.9 Å². The fourth-order valence-corrected chi connectivity index (χ4v) is 1.71. The first-order valence-electron chi connectivity index (χ1n) is 4.17. The molecule has 1 aromatic carbocycles. The molecule has 3 heteroatoms. The minimum Gasteiger partial charge on any atom is -0.508 e. The molecule has 2 rings (SSSR count). The zero-order valence-electron chi connectivity index (χ0n) is 7.79. The second-order valence-corrected chi connectivity index (χ2v) is 3.82. The molecule has 0 aliphatic carbocycles. The Kier molecular flexibility index (Phi) is 2.55. The van der Waals surface area contributed by atoms with Crippen molar-refractivity contribution in [3.05, 3.63) is 29.3 Å². The maximum atomic E-state index is 9.30. The monoisotopic (exact) mass is 199 g/mol. The van der Waals surface area contributed by atoms with Crippen molar-refractivity contribution >= 4 is 12.4 Å².